The number of nitrogens with two attached hydrogens (primary N) is 1. The fraction of sp³-hybridized carbons (Fsp3) is 0.111. The smallest absolute Gasteiger partial charge is 0.397 e. The second-order valence-electron chi connectivity index (χ2n) is 6.89. The molecular weight excluding hydrogens is 594 g/mol. The summed E-state index contributed by atoms with van der Waals surface area (Å²) in [5.41, 5.74) is 6.25. The lowest BCUT2D eigenvalue weighted by atomic mass is 10.1. The Kier molecular flexibility index (Phi) is 10.2. The Morgan fingerprint density at radius 2 is 1.63 bits per heavy atom. The van der Waals surface area contributed by atoms with Gasteiger partial charge in [-0.15, -0.1) is 18.9 Å². The largest absolute Gasteiger partial charge is 0.507 e. The van der Waals surface area contributed by atoms with Crippen molar-refractivity contribution in [3.63, 3.8) is 0 Å². The van der Waals surface area contributed by atoms with Gasteiger partial charge in [0, 0.05) is 4.90 Å². The van der Waals surface area contributed by atoms with Gasteiger partial charge in [0.15, 0.2) is 9.84 Å². The molecule has 0 fully saturated rings. The molecule has 38 heavy (non-hydrogen) atoms. The summed E-state index contributed by atoms with van der Waals surface area (Å²) in [6.07, 6.45) is 0. The molecule has 0 unspecified atom stereocenters. The zero-order valence-electron chi connectivity index (χ0n) is 18.5. The molecule has 0 aliphatic carbocycles. The number of benzene rings is 3. The van der Waals surface area contributed by atoms with Crippen LogP contribution in [0.2, 0.25) is 0 Å². The quantitative estimate of drug-likeness (QED) is 0.0457. The van der Waals surface area contributed by atoms with Gasteiger partial charge in [-0.25, -0.2) is 23.1 Å². The summed E-state index contributed by atoms with van der Waals surface area (Å²) >= 11 is 0.997. The van der Waals surface area contributed by atoms with Crippen LogP contribution >= 0.6 is 24.1 Å². The fourth-order valence-electron chi connectivity index (χ4n) is 2.98. The van der Waals surface area contributed by atoms with Crippen molar-refractivity contribution >= 4 is 72.2 Å². The van der Waals surface area contributed by atoms with E-state index >= 15 is 0 Å². The third-order valence-electron chi connectivity index (χ3n) is 4.52. The van der Waals surface area contributed by atoms with Crippen molar-refractivity contribution in [1.82, 2.24) is 0 Å². The molecule has 0 aliphatic rings. The molecule has 0 saturated heterocycles. The molecule has 0 aliphatic heterocycles. The van der Waals surface area contributed by atoms with Crippen LogP contribution in [0.15, 0.2) is 67.4 Å². The molecule has 3 aromatic carbocycles. The zero-order valence-corrected chi connectivity index (χ0v) is 21.8. The fourth-order valence-corrected chi connectivity index (χ4v) is 5.49. The van der Waals surface area contributed by atoms with Gasteiger partial charge in [0.1, 0.15) is 17.1 Å². The molecule has 0 aromatic heterocycles. The number of hydrogen-bond acceptors (Lipinski definition) is 17. The van der Waals surface area contributed by atoms with Crippen molar-refractivity contribution in [3.05, 3.63) is 42.5 Å². The maximum atomic E-state index is 12.5. The number of aromatic hydroxyl groups is 1. The van der Waals surface area contributed by atoms with Crippen LogP contribution in [0.3, 0.4) is 0 Å². The van der Waals surface area contributed by atoms with E-state index in [4.69, 9.17) is 20.8 Å². The van der Waals surface area contributed by atoms with Gasteiger partial charge in [0.05, 0.1) is 57.3 Å². The van der Waals surface area contributed by atoms with Crippen molar-refractivity contribution < 1.29 is 59.9 Å². The van der Waals surface area contributed by atoms with E-state index in [2.05, 4.69) is 33.2 Å². The predicted octanol–water partition coefficient (Wildman–Crippen LogP) is 3.99. The van der Waals surface area contributed by atoms with Crippen LogP contribution in [0, 0.1) is 0 Å². The molecule has 206 valence electrons. The minimum absolute atomic E-state index is 0.0116. The number of phenols is 1. The van der Waals surface area contributed by atoms with E-state index in [1.165, 1.54) is 18.2 Å². The van der Waals surface area contributed by atoms with E-state index in [0.29, 0.717) is 34.4 Å². The molecule has 0 spiro atoms. The highest BCUT2D eigenvalue weighted by Gasteiger charge is 2.19. The van der Waals surface area contributed by atoms with Gasteiger partial charge in [-0.05, 0) is 41.8 Å². The molecule has 3 aromatic rings. The average Bonchev–Trinajstić information content (AvgIpc) is 2.85. The first-order valence-corrected chi connectivity index (χ1v) is 14.2. The van der Waals surface area contributed by atoms with Gasteiger partial charge in [0.2, 0.25) is 0 Å². The van der Waals surface area contributed by atoms with Gasteiger partial charge in [-0.1, -0.05) is 16.1 Å². The molecule has 6 N–H and O–H groups in total. The lowest BCUT2D eigenvalue weighted by Crippen LogP contribution is -2.15. The Balaban J connectivity index is 1.98. The van der Waals surface area contributed by atoms with Crippen LogP contribution < -0.4 is 5.73 Å². The second-order valence-corrected chi connectivity index (χ2v) is 11.6. The lowest BCUT2D eigenvalue weighted by molar-refractivity contribution is -0.432. The summed E-state index contributed by atoms with van der Waals surface area (Å²) in [5, 5.41) is 43.3. The highest BCUT2D eigenvalue weighted by Crippen LogP contribution is 2.42. The number of nitrogens with zero attached hydrogens (tertiary/aromatic N) is 2. The molecule has 0 radical (unpaired) electrons. The Labute approximate surface area is 222 Å². The maximum Gasteiger partial charge on any atom is 0.397 e. The topological polar surface area (TPSA) is 246 Å². The van der Waals surface area contributed by atoms with Crippen molar-refractivity contribution in [1.29, 1.82) is 0 Å². The summed E-state index contributed by atoms with van der Waals surface area (Å²) in [5.74, 6) is -1.05. The number of anilines is 1. The Morgan fingerprint density at radius 3 is 2.32 bits per heavy atom. The van der Waals surface area contributed by atoms with Gasteiger partial charge in [-0.2, -0.15) is 8.42 Å². The SMILES string of the molecule is Nc1ccc2cc(SOOO)cc(O)c2c1N=Nc1ccc(S(=O)(=O)CCOS(=O)(=O)O)cc1SOOO. The van der Waals surface area contributed by atoms with Crippen LogP contribution in [-0.2, 0) is 43.2 Å². The molecule has 0 atom stereocenters. The number of fused-ring (bicyclic) bond motifs is 1. The van der Waals surface area contributed by atoms with Crippen molar-refractivity contribution in [2.45, 2.75) is 14.7 Å². The maximum absolute atomic E-state index is 12.5. The molecule has 16 nitrogen and oxygen atoms in total. The second kappa shape index (κ2) is 13.0. The summed E-state index contributed by atoms with van der Waals surface area (Å²) < 4.78 is 67.8. The molecule has 0 saturated carbocycles. The van der Waals surface area contributed by atoms with Crippen LogP contribution in [0.5, 0.6) is 5.75 Å². The molecule has 20 heteroatoms. The van der Waals surface area contributed by atoms with Gasteiger partial charge in [0.25, 0.3) is 0 Å². The Bertz CT molecular complexity index is 1550. The van der Waals surface area contributed by atoms with Crippen molar-refractivity contribution in [2.75, 3.05) is 18.1 Å². The minimum Gasteiger partial charge on any atom is -0.507 e. The number of hydrogen-bond donors (Lipinski definition) is 5. The highest BCUT2D eigenvalue weighted by molar-refractivity contribution is 7.95. The van der Waals surface area contributed by atoms with Crippen molar-refractivity contribution in [3.8, 4) is 5.75 Å². The van der Waals surface area contributed by atoms with E-state index in [0.717, 1.165) is 12.1 Å². The van der Waals surface area contributed by atoms with E-state index in [-0.39, 0.29) is 38.0 Å². The van der Waals surface area contributed by atoms with Gasteiger partial charge < -0.3 is 10.8 Å². The molecule has 3 rings (SSSR count). The van der Waals surface area contributed by atoms with E-state index in [1.54, 1.807) is 12.1 Å². The molecule has 0 bridgehead atoms. The molecule has 0 amide bonds. The number of sulfone groups is 1. The molecule has 0 heterocycles. The van der Waals surface area contributed by atoms with E-state index < -0.39 is 32.6 Å². The number of rotatable bonds is 13. The zero-order chi connectivity index (χ0) is 27.9. The third kappa shape index (κ3) is 7.95. The summed E-state index contributed by atoms with van der Waals surface area (Å²) in [6.45, 7) is -0.843. The van der Waals surface area contributed by atoms with Crippen LogP contribution in [0.1, 0.15) is 0 Å². The lowest BCUT2D eigenvalue weighted by Gasteiger charge is -2.10. The number of nitrogen functional groups attached to an aromatic ring is 1. The first kappa shape index (κ1) is 29.9. The van der Waals surface area contributed by atoms with Crippen LogP contribution in [0.25, 0.3) is 10.8 Å². The monoisotopic (exact) mass is 611 g/mol. The first-order chi connectivity index (χ1) is 17.9. The normalized spacial score (nSPS) is 12.5. The summed E-state index contributed by atoms with van der Waals surface area (Å²) in [4.78, 5) is 0.0543. The van der Waals surface area contributed by atoms with Gasteiger partial charge in [-0.3, -0.25) is 4.55 Å². The highest BCUT2D eigenvalue weighted by atomic mass is 32.3. The van der Waals surface area contributed by atoms with E-state index in [1.807, 2.05) is 0 Å². The Morgan fingerprint density at radius 1 is 0.921 bits per heavy atom. The molecular formula is C18H17N3O13S4. The minimum atomic E-state index is -4.83. The van der Waals surface area contributed by atoms with Crippen molar-refractivity contribution in [2.24, 2.45) is 10.2 Å². The summed E-state index contributed by atoms with van der Waals surface area (Å²) in [6, 6.07) is 9.41. The average molecular weight is 612 g/mol. The predicted molar refractivity (Wildman–Crippen MR) is 132 cm³/mol. The van der Waals surface area contributed by atoms with E-state index in [9.17, 15) is 21.9 Å². The van der Waals surface area contributed by atoms with Gasteiger partial charge >= 0.3 is 10.4 Å². The third-order valence-corrected chi connectivity index (χ3v) is 7.85. The standard InChI is InChI=1S/C18H17N3O13S4/c19-13-3-1-10-7-11(35-33-31-23)8-15(22)17(10)18(13)21-20-14-4-2-12(9-16(14)36-34-32-24)37(25,26)6-5-30-38(27,28)29/h1-4,7-9,22-24H,5-6,19H2,(H,27,28,29). The Hall–Kier alpha value is -2.60. The van der Waals surface area contributed by atoms with Crippen LogP contribution in [-0.4, -0.2) is 49.4 Å². The summed E-state index contributed by atoms with van der Waals surface area (Å²) in [7, 11) is -8.93. The number of azo groups is 1. The first-order valence-electron chi connectivity index (χ1n) is 9.70. The van der Waals surface area contributed by atoms with Crippen LogP contribution in [0.4, 0.5) is 17.1 Å². The number of phenolic OH excluding ortho intramolecular Hbond substituents is 1.